The first kappa shape index (κ1) is 13.4. The third kappa shape index (κ3) is 2.88. The summed E-state index contributed by atoms with van der Waals surface area (Å²) >= 11 is 5.79. The Kier molecular flexibility index (Phi) is 3.76. The van der Waals surface area contributed by atoms with Crippen LogP contribution in [0.15, 0.2) is 54.6 Å². The molecule has 0 amide bonds. The van der Waals surface area contributed by atoms with Crippen molar-refractivity contribution in [3.8, 4) is 5.75 Å². The van der Waals surface area contributed by atoms with Gasteiger partial charge in [0, 0.05) is 10.6 Å². The number of carboxylic acid groups (broad SMARTS) is 1. The normalized spacial score (nSPS) is 13.6. The van der Waals surface area contributed by atoms with Gasteiger partial charge >= 0.3 is 5.97 Å². The van der Waals surface area contributed by atoms with Crippen LogP contribution in [0.1, 0.15) is 12.5 Å². The largest absolute Gasteiger partial charge is 0.478 e. The molecule has 0 aromatic heterocycles. The molecule has 0 heterocycles. The molecule has 0 bridgehead atoms. The van der Waals surface area contributed by atoms with Crippen LogP contribution in [0.4, 0.5) is 0 Å². The first-order chi connectivity index (χ1) is 9.02. The molecule has 2 aromatic carbocycles. The van der Waals surface area contributed by atoms with Crippen molar-refractivity contribution >= 4 is 17.6 Å². The second-order valence-corrected chi connectivity index (χ2v) is 4.70. The van der Waals surface area contributed by atoms with Crippen LogP contribution in [0.2, 0.25) is 5.02 Å². The van der Waals surface area contributed by atoms with Crippen molar-refractivity contribution in [2.24, 2.45) is 0 Å². The lowest BCUT2D eigenvalue weighted by Crippen LogP contribution is -2.38. The molecule has 1 atom stereocenters. The molecule has 0 radical (unpaired) electrons. The van der Waals surface area contributed by atoms with E-state index in [4.69, 9.17) is 16.3 Å². The Labute approximate surface area is 116 Å². The highest BCUT2D eigenvalue weighted by Gasteiger charge is 2.37. The van der Waals surface area contributed by atoms with Crippen molar-refractivity contribution in [3.05, 3.63) is 65.2 Å². The fourth-order valence-electron chi connectivity index (χ4n) is 1.72. The Balaban J connectivity index is 2.36. The Morgan fingerprint density at radius 1 is 1.11 bits per heavy atom. The third-order valence-corrected chi connectivity index (χ3v) is 3.12. The lowest BCUT2D eigenvalue weighted by Gasteiger charge is -2.26. The van der Waals surface area contributed by atoms with E-state index in [1.165, 1.54) is 6.92 Å². The fraction of sp³-hybridized carbons (Fsp3) is 0.133. The second kappa shape index (κ2) is 5.33. The van der Waals surface area contributed by atoms with Crippen molar-refractivity contribution in [3.63, 3.8) is 0 Å². The second-order valence-electron chi connectivity index (χ2n) is 4.26. The number of benzene rings is 2. The van der Waals surface area contributed by atoms with Gasteiger partial charge < -0.3 is 9.84 Å². The van der Waals surface area contributed by atoms with E-state index >= 15 is 0 Å². The Bertz CT molecular complexity index is 566. The van der Waals surface area contributed by atoms with E-state index in [0.717, 1.165) is 0 Å². The molecule has 2 rings (SSSR count). The van der Waals surface area contributed by atoms with Crippen LogP contribution < -0.4 is 4.74 Å². The topological polar surface area (TPSA) is 46.5 Å². The van der Waals surface area contributed by atoms with Crippen molar-refractivity contribution in [1.82, 2.24) is 0 Å². The Morgan fingerprint density at radius 3 is 2.21 bits per heavy atom. The van der Waals surface area contributed by atoms with E-state index in [1.807, 2.05) is 6.07 Å². The monoisotopic (exact) mass is 276 g/mol. The maximum absolute atomic E-state index is 11.5. The SMILES string of the molecule is CC(Oc1ccc(Cl)cc1)(C(=O)O)c1ccccc1. The van der Waals surface area contributed by atoms with Crippen LogP contribution in [0, 0.1) is 0 Å². The Morgan fingerprint density at radius 2 is 1.68 bits per heavy atom. The summed E-state index contributed by atoms with van der Waals surface area (Å²) in [6.07, 6.45) is 0. The Hall–Kier alpha value is -2.00. The maximum Gasteiger partial charge on any atom is 0.352 e. The van der Waals surface area contributed by atoms with E-state index in [9.17, 15) is 9.90 Å². The molecule has 1 N–H and O–H groups in total. The molecule has 1 unspecified atom stereocenters. The van der Waals surface area contributed by atoms with Gasteiger partial charge in [-0.25, -0.2) is 4.79 Å². The van der Waals surface area contributed by atoms with Crippen LogP contribution in [0.3, 0.4) is 0 Å². The molecule has 98 valence electrons. The molecule has 3 nitrogen and oxygen atoms in total. The van der Waals surface area contributed by atoms with E-state index in [2.05, 4.69) is 0 Å². The van der Waals surface area contributed by atoms with Gasteiger partial charge in [0.2, 0.25) is 5.60 Å². The number of carboxylic acids is 1. The van der Waals surface area contributed by atoms with Crippen LogP contribution in [-0.4, -0.2) is 11.1 Å². The third-order valence-electron chi connectivity index (χ3n) is 2.87. The number of ether oxygens (including phenoxy) is 1. The predicted octanol–water partition coefficient (Wildman–Crippen LogP) is 3.72. The van der Waals surface area contributed by atoms with Crippen molar-refractivity contribution < 1.29 is 14.6 Å². The molecule has 0 aliphatic carbocycles. The van der Waals surface area contributed by atoms with Crippen molar-refractivity contribution in [2.75, 3.05) is 0 Å². The molecule has 2 aromatic rings. The number of rotatable bonds is 4. The lowest BCUT2D eigenvalue weighted by molar-refractivity contribution is -0.154. The van der Waals surface area contributed by atoms with Crippen LogP contribution in [0.5, 0.6) is 5.75 Å². The molecule has 0 saturated heterocycles. The molecule has 19 heavy (non-hydrogen) atoms. The molecule has 0 aliphatic heterocycles. The van der Waals surface area contributed by atoms with Gasteiger partial charge in [-0.3, -0.25) is 0 Å². The minimum Gasteiger partial charge on any atom is -0.478 e. The summed E-state index contributed by atoms with van der Waals surface area (Å²) in [6.45, 7) is 1.53. The summed E-state index contributed by atoms with van der Waals surface area (Å²) in [5.74, 6) is -0.591. The van der Waals surface area contributed by atoms with Gasteiger partial charge in [0.25, 0.3) is 0 Å². The van der Waals surface area contributed by atoms with Crippen LogP contribution in [0.25, 0.3) is 0 Å². The highest BCUT2D eigenvalue weighted by molar-refractivity contribution is 6.30. The average molecular weight is 277 g/mol. The summed E-state index contributed by atoms with van der Waals surface area (Å²) < 4.78 is 5.65. The van der Waals surface area contributed by atoms with E-state index in [1.54, 1.807) is 48.5 Å². The van der Waals surface area contributed by atoms with Crippen molar-refractivity contribution in [2.45, 2.75) is 12.5 Å². The molecule has 0 saturated carbocycles. The highest BCUT2D eigenvalue weighted by Crippen LogP contribution is 2.29. The van der Waals surface area contributed by atoms with Gasteiger partial charge in [-0.2, -0.15) is 0 Å². The molecule has 0 aliphatic rings. The minimum absolute atomic E-state index is 0.457. The zero-order valence-electron chi connectivity index (χ0n) is 10.3. The summed E-state index contributed by atoms with van der Waals surface area (Å²) in [7, 11) is 0. The summed E-state index contributed by atoms with van der Waals surface area (Å²) in [5.41, 5.74) is -0.854. The molecular formula is C15H13ClO3. The van der Waals surface area contributed by atoms with Gasteiger partial charge in [0.15, 0.2) is 0 Å². The zero-order chi connectivity index (χ0) is 13.9. The molecular weight excluding hydrogens is 264 g/mol. The van der Waals surface area contributed by atoms with Gasteiger partial charge in [0.05, 0.1) is 0 Å². The van der Waals surface area contributed by atoms with Crippen LogP contribution >= 0.6 is 11.6 Å². The zero-order valence-corrected chi connectivity index (χ0v) is 11.1. The van der Waals surface area contributed by atoms with Gasteiger partial charge in [-0.05, 0) is 31.2 Å². The summed E-state index contributed by atoms with van der Waals surface area (Å²) in [5, 5.41) is 10.0. The minimum atomic E-state index is -1.44. The van der Waals surface area contributed by atoms with Crippen LogP contribution in [-0.2, 0) is 10.4 Å². The fourth-order valence-corrected chi connectivity index (χ4v) is 1.85. The number of hydrogen-bond acceptors (Lipinski definition) is 2. The standard InChI is InChI=1S/C15H13ClO3/c1-15(14(17)18,11-5-3-2-4-6-11)19-13-9-7-12(16)8-10-13/h2-10H,1H3,(H,17,18). The summed E-state index contributed by atoms with van der Waals surface area (Å²) in [6, 6.07) is 15.4. The first-order valence-electron chi connectivity index (χ1n) is 5.76. The molecule has 0 fully saturated rings. The molecule has 4 heteroatoms. The van der Waals surface area contributed by atoms with E-state index < -0.39 is 11.6 Å². The van der Waals surface area contributed by atoms with Gasteiger partial charge in [-0.15, -0.1) is 0 Å². The summed E-state index contributed by atoms with van der Waals surface area (Å²) in [4.78, 5) is 11.5. The number of hydrogen-bond donors (Lipinski definition) is 1. The van der Waals surface area contributed by atoms with E-state index in [-0.39, 0.29) is 0 Å². The van der Waals surface area contributed by atoms with E-state index in [0.29, 0.717) is 16.3 Å². The van der Waals surface area contributed by atoms with Crippen molar-refractivity contribution in [1.29, 1.82) is 0 Å². The number of halogens is 1. The number of aliphatic carboxylic acids is 1. The predicted molar refractivity (Wildman–Crippen MR) is 73.5 cm³/mol. The van der Waals surface area contributed by atoms with Gasteiger partial charge in [0.1, 0.15) is 5.75 Å². The first-order valence-corrected chi connectivity index (χ1v) is 6.13. The maximum atomic E-state index is 11.5. The molecule has 0 spiro atoms. The quantitative estimate of drug-likeness (QED) is 0.926. The highest BCUT2D eigenvalue weighted by atomic mass is 35.5. The average Bonchev–Trinajstić information content (AvgIpc) is 2.42. The lowest BCUT2D eigenvalue weighted by atomic mass is 9.96. The number of carbonyl (C=O) groups is 1. The smallest absolute Gasteiger partial charge is 0.352 e. The van der Waals surface area contributed by atoms with Gasteiger partial charge in [-0.1, -0.05) is 41.9 Å².